The Morgan fingerprint density at radius 2 is 1.90 bits per heavy atom. The molecule has 3 atom stereocenters. The molecular formula is C24H25NO5. The van der Waals surface area contributed by atoms with Crippen LogP contribution in [0.3, 0.4) is 0 Å². The Kier molecular flexibility index (Phi) is 5.33. The van der Waals surface area contributed by atoms with Gasteiger partial charge in [0, 0.05) is 17.8 Å². The van der Waals surface area contributed by atoms with Crippen molar-refractivity contribution >= 4 is 17.5 Å². The maximum absolute atomic E-state index is 13.4. The minimum absolute atomic E-state index is 0.0223. The van der Waals surface area contributed by atoms with E-state index in [1.165, 1.54) is 7.11 Å². The van der Waals surface area contributed by atoms with Gasteiger partial charge >= 0.3 is 5.97 Å². The van der Waals surface area contributed by atoms with Crippen LogP contribution < -0.4 is 4.74 Å². The molecule has 0 radical (unpaired) electrons. The molecule has 1 saturated carbocycles. The number of ether oxygens (including phenoxy) is 2. The van der Waals surface area contributed by atoms with Crippen LogP contribution in [-0.4, -0.2) is 31.7 Å². The standard InChI is InChI=1S/C24H25NO5/c1-13-8-9-20(30-13)23-21(24(27)29-4)14(2)25-18-11-16(12-19(26)22(18)23)15-6-5-7-17(10-15)28-3/h5-10,16,22-23H,11-12H2,1-4H3/t16-,22?,23-/m1/s1. The average molecular weight is 407 g/mol. The second-order valence-electron chi connectivity index (χ2n) is 7.85. The van der Waals surface area contributed by atoms with E-state index in [-0.39, 0.29) is 11.7 Å². The number of hydrogen-bond acceptors (Lipinski definition) is 6. The Hall–Kier alpha value is -3.15. The summed E-state index contributed by atoms with van der Waals surface area (Å²) in [7, 11) is 2.97. The SMILES string of the molecule is COC(=O)C1=C(C)N=C2C[C@@H](c3cccc(OC)c3)CC(=O)C2[C@@H]1c1ccc(C)o1. The molecule has 6 heteroatoms. The summed E-state index contributed by atoms with van der Waals surface area (Å²) in [4.78, 5) is 30.7. The van der Waals surface area contributed by atoms with Gasteiger partial charge in [0.15, 0.2) is 0 Å². The van der Waals surface area contributed by atoms with E-state index in [0.29, 0.717) is 29.9 Å². The molecule has 0 saturated heterocycles. The zero-order valence-corrected chi connectivity index (χ0v) is 17.6. The largest absolute Gasteiger partial charge is 0.497 e. The van der Waals surface area contributed by atoms with Crippen LogP contribution >= 0.6 is 0 Å². The lowest BCUT2D eigenvalue weighted by molar-refractivity contribution is -0.136. The van der Waals surface area contributed by atoms with E-state index in [0.717, 1.165) is 22.8 Å². The summed E-state index contributed by atoms with van der Waals surface area (Å²) in [6.45, 7) is 3.63. The van der Waals surface area contributed by atoms with Gasteiger partial charge in [-0.2, -0.15) is 0 Å². The molecule has 1 fully saturated rings. The first-order valence-corrected chi connectivity index (χ1v) is 10.0. The fraction of sp³-hybridized carbons (Fsp3) is 0.375. The number of methoxy groups -OCH3 is 2. The Balaban J connectivity index is 1.77. The van der Waals surface area contributed by atoms with E-state index in [1.807, 2.05) is 43.3 Å². The summed E-state index contributed by atoms with van der Waals surface area (Å²) >= 11 is 0. The fourth-order valence-electron chi connectivity index (χ4n) is 4.61. The molecule has 2 heterocycles. The van der Waals surface area contributed by atoms with E-state index < -0.39 is 17.8 Å². The molecule has 0 N–H and O–H groups in total. The van der Waals surface area contributed by atoms with Crippen LogP contribution in [0.1, 0.15) is 48.7 Å². The molecule has 1 aliphatic heterocycles. The average Bonchev–Trinajstić information content (AvgIpc) is 3.18. The molecule has 1 aromatic carbocycles. The van der Waals surface area contributed by atoms with Crippen molar-refractivity contribution in [3.63, 3.8) is 0 Å². The summed E-state index contributed by atoms with van der Waals surface area (Å²) in [5, 5.41) is 0. The molecule has 6 nitrogen and oxygen atoms in total. The summed E-state index contributed by atoms with van der Waals surface area (Å²) in [6, 6.07) is 11.5. The Morgan fingerprint density at radius 3 is 2.57 bits per heavy atom. The highest BCUT2D eigenvalue weighted by molar-refractivity contribution is 6.12. The van der Waals surface area contributed by atoms with Gasteiger partial charge < -0.3 is 13.9 Å². The number of ketones is 1. The summed E-state index contributed by atoms with van der Waals surface area (Å²) in [6.07, 6.45) is 1.02. The van der Waals surface area contributed by atoms with E-state index in [2.05, 4.69) is 0 Å². The Morgan fingerprint density at radius 1 is 1.10 bits per heavy atom. The number of carbonyl (C=O) groups is 2. The van der Waals surface area contributed by atoms with E-state index in [4.69, 9.17) is 18.9 Å². The lowest BCUT2D eigenvalue weighted by atomic mass is 9.67. The number of benzene rings is 1. The van der Waals surface area contributed by atoms with Crippen LogP contribution in [0.15, 0.2) is 57.1 Å². The first kappa shape index (κ1) is 20.1. The second-order valence-corrected chi connectivity index (χ2v) is 7.85. The third-order valence-corrected chi connectivity index (χ3v) is 5.99. The number of allylic oxidation sites excluding steroid dienone is 1. The number of furan rings is 1. The maximum atomic E-state index is 13.4. The summed E-state index contributed by atoms with van der Waals surface area (Å²) < 4.78 is 16.2. The molecular weight excluding hydrogens is 382 g/mol. The van der Waals surface area contributed by atoms with Gasteiger partial charge in [-0.15, -0.1) is 0 Å². The quantitative estimate of drug-likeness (QED) is 0.705. The topological polar surface area (TPSA) is 78.1 Å². The third kappa shape index (κ3) is 3.47. The van der Waals surface area contributed by atoms with Gasteiger partial charge in [0.2, 0.25) is 0 Å². The fourth-order valence-corrected chi connectivity index (χ4v) is 4.61. The number of rotatable bonds is 4. The van der Waals surface area contributed by atoms with Gasteiger partial charge in [-0.25, -0.2) is 4.79 Å². The molecule has 2 aromatic rings. The Bertz CT molecular complexity index is 1060. The van der Waals surface area contributed by atoms with E-state index in [1.54, 1.807) is 14.0 Å². The first-order valence-electron chi connectivity index (χ1n) is 10.0. The lowest BCUT2D eigenvalue weighted by Crippen LogP contribution is -2.41. The first-order chi connectivity index (χ1) is 14.4. The highest BCUT2D eigenvalue weighted by Gasteiger charge is 2.47. The molecule has 0 bridgehead atoms. The van der Waals surface area contributed by atoms with Crippen molar-refractivity contribution in [1.82, 2.24) is 0 Å². The molecule has 30 heavy (non-hydrogen) atoms. The van der Waals surface area contributed by atoms with Crippen molar-refractivity contribution in [2.24, 2.45) is 10.9 Å². The van der Waals surface area contributed by atoms with Gasteiger partial charge in [0.1, 0.15) is 23.1 Å². The smallest absolute Gasteiger partial charge is 0.336 e. The third-order valence-electron chi connectivity index (χ3n) is 5.99. The van der Waals surface area contributed by atoms with Gasteiger partial charge in [0.05, 0.1) is 31.6 Å². The van der Waals surface area contributed by atoms with Crippen molar-refractivity contribution in [3.8, 4) is 5.75 Å². The van der Waals surface area contributed by atoms with Crippen molar-refractivity contribution in [2.45, 2.75) is 38.5 Å². The van der Waals surface area contributed by atoms with Crippen molar-refractivity contribution in [2.75, 3.05) is 14.2 Å². The summed E-state index contributed by atoms with van der Waals surface area (Å²) in [5.74, 6) is 0.659. The highest BCUT2D eigenvalue weighted by Crippen LogP contribution is 2.46. The molecule has 1 unspecified atom stereocenters. The lowest BCUT2D eigenvalue weighted by Gasteiger charge is -2.37. The number of aliphatic imine (C=N–C) groups is 1. The van der Waals surface area contributed by atoms with Crippen LogP contribution in [0.2, 0.25) is 0 Å². The minimum atomic E-state index is -0.518. The predicted octanol–water partition coefficient (Wildman–Crippen LogP) is 4.34. The molecule has 4 rings (SSSR count). The number of aryl methyl sites for hydroxylation is 1. The summed E-state index contributed by atoms with van der Waals surface area (Å²) in [5.41, 5.74) is 2.82. The number of hydrogen-bond donors (Lipinski definition) is 0. The molecule has 1 aliphatic carbocycles. The Labute approximate surface area is 175 Å². The zero-order chi connectivity index (χ0) is 21.4. The maximum Gasteiger partial charge on any atom is 0.336 e. The zero-order valence-electron chi connectivity index (χ0n) is 17.6. The van der Waals surface area contributed by atoms with Gasteiger partial charge in [-0.05, 0) is 56.0 Å². The van der Waals surface area contributed by atoms with Crippen molar-refractivity contribution in [1.29, 1.82) is 0 Å². The predicted molar refractivity (Wildman–Crippen MR) is 112 cm³/mol. The van der Waals surface area contributed by atoms with Crippen LogP contribution in [0, 0.1) is 12.8 Å². The van der Waals surface area contributed by atoms with Crippen LogP contribution in [-0.2, 0) is 14.3 Å². The molecule has 0 amide bonds. The number of carbonyl (C=O) groups excluding carboxylic acids is 2. The van der Waals surface area contributed by atoms with Crippen molar-refractivity contribution < 1.29 is 23.5 Å². The molecule has 0 spiro atoms. The van der Waals surface area contributed by atoms with Crippen LogP contribution in [0.4, 0.5) is 0 Å². The van der Waals surface area contributed by atoms with Crippen molar-refractivity contribution in [3.05, 3.63) is 64.8 Å². The second kappa shape index (κ2) is 7.94. The molecule has 2 aliphatic rings. The van der Waals surface area contributed by atoms with Gasteiger partial charge in [-0.1, -0.05) is 12.1 Å². The molecule has 156 valence electrons. The van der Waals surface area contributed by atoms with Gasteiger partial charge in [-0.3, -0.25) is 9.79 Å². The van der Waals surface area contributed by atoms with Crippen LogP contribution in [0.25, 0.3) is 0 Å². The number of Topliss-reactive ketones (excluding diaryl/α,β-unsaturated/α-hetero) is 1. The molecule has 1 aromatic heterocycles. The van der Waals surface area contributed by atoms with Gasteiger partial charge in [0.25, 0.3) is 0 Å². The number of fused-ring (bicyclic) bond motifs is 1. The van der Waals surface area contributed by atoms with Crippen LogP contribution in [0.5, 0.6) is 5.75 Å². The monoisotopic (exact) mass is 407 g/mol. The minimum Gasteiger partial charge on any atom is -0.497 e. The number of esters is 1. The normalized spacial score (nSPS) is 23.7. The van der Waals surface area contributed by atoms with E-state index >= 15 is 0 Å². The van der Waals surface area contributed by atoms with E-state index in [9.17, 15) is 9.59 Å². The highest BCUT2D eigenvalue weighted by atomic mass is 16.5. The number of nitrogens with zero attached hydrogens (tertiary/aromatic N) is 1.